The van der Waals surface area contributed by atoms with Gasteiger partial charge in [0.2, 0.25) is 0 Å². The molecule has 0 aliphatic carbocycles. The highest BCUT2D eigenvalue weighted by atomic mass is 15.4. The first-order valence-corrected chi connectivity index (χ1v) is 6.00. The van der Waals surface area contributed by atoms with Gasteiger partial charge in [0.1, 0.15) is 5.52 Å². The Morgan fingerprint density at radius 1 is 1.47 bits per heavy atom. The molecule has 90 valence electrons. The number of aromatic nitrogens is 3. The summed E-state index contributed by atoms with van der Waals surface area (Å²) >= 11 is 0. The lowest BCUT2D eigenvalue weighted by Crippen LogP contribution is -2.17. The van der Waals surface area contributed by atoms with E-state index in [-0.39, 0.29) is 0 Å². The van der Waals surface area contributed by atoms with Gasteiger partial charge in [-0.3, -0.25) is 0 Å². The summed E-state index contributed by atoms with van der Waals surface area (Å²) in [4.78, 5) is 2.36. The monoisotopic (exact) mass is 231 g/mol. The highest BCUT2D eigenvalue weighted by Crippen LogP contribution is 2.21. The number of anilines is 1. The summed E-state index contributed by atoms with van der Waals surface area (Å²) in [6, 6.07) is 5.85. The Morgan fingerprint density at radius 3 is 3.12 bits per heavy atom. The summed E-state index contributed by atoms with van der Waals surface area (Å²) in [5.41, 5.74) is 8.44. The van der Waals surface area contributed by atoms with Crippen LogP contribution in [0.5, 0.6) is 0 Å². The van der Waals surface area contributed by atoms with Crippen LogP contribution in [0.1, 0.15) is 6.42 Å². The van der Waals surface area contributed by atoms with E-state index in [9.17, 15) is 0 Å². The van der Waals surface area contributed by atoms with Gasteiger partial charge in [-0.25, -0.2) is 4.68 Å². The van der Waals surface area contributed by atoms with Crippen molar-refractivity contribution in [1.29, 1.82) is 0 Å². The van der Waals surface area contributed by atoms with Crippen LogP contribution in [0, 0.1) is 5.92 Å². The number of likely N-dealkylation sites (tertiary alicyclic amines) is 1. The molecule has 1 atom stereocenters. The second-order valence-corrected chi connectivity index (χ2v) is 4.90. The topological polar surface area (TPSA) is 60.0 Å². The zero-order chi connectivity index (χ0) is 11.8. The average Bonchev–Trinajstić information content (AvgIpc) is 2.88. The molecule has 0 saturated carbocycles. The van der Waals surface area contributed by atoms with Gasteiger partial charge in [-0.05, 0) is 38.1 Å². The van der Waals surface area contributed by atoms with Crippen LogP contribution >= 0.6 is 0 Å². The van der Waals surface area contributed by atoms with Gasteiger partial charge in [0.15, 0.2) is 0 Å². The van der Waals surface area contributed by atoms with E-state index in [1.807, 2.05) is 22.9 Å². The fourth-order valence-corrected chi connectivity index (χ4v) is 2.57. The van der Waals surface area contributed by atoms with E-state index in [1.165, 1.54) is 13.0 Å². The van der Waals surface area contributed by atoms with Crippen molar-refractivity contribution in [3.63, 3.8) is 0 Å². The summed E-state index contributed by atoms with van der Waals surface area (Å²) in [7, 11) is 2.16. The van der Waals surface area contributed by atoms with Crippen molar-refractivity contribution in [1.82, 2.24) is 19.9 Å². The number of nitrogens with two attached hydrogens (primary N) is 1. The van der Waals surface area contributed by atoms with Crippen LogP contribution in [-0.4, -0.2) is 40.0 Å². The molecule has 2 N–H and O–H groups in total. The Bertz CT molecular complexity index is 533. The number of nitrogens with zero attached hydrogens (tertiary/aromatic N) is 4. The summed E-state index contributed by atoms with van der Waals surface area (Å²) in [6.45, 7) is 3.26. The first-order chi connectivity index (χ1) is 8.24. The maximum Gasteiger partial charge on any atom is 0.136 e. The predicted molar refractivity (Wildman–Crippen MR) is 67.5 cm³/mol. The maximum atomic E-state index is 5.88. The minimum absolute atomic E-state index is 0.673. The lowest BCUT2D eigenvalue weighted by molar-refractivity contribution is 0.370. The summed E-state index contributed by atoms with van der Waals surface area (Å²) in [5.74, 6) is 0.673. The minimum Gasteiger partial charge on any atom is -0.397 e. The minimum atomic E-state index is 0.673. The molecule has 5 heteroatoms. The Kier molecular flexibility index (Phi) is 2.48. The molecule has 0 bridgehead atoms. The van der Waals surface area contributed by atoms with Gasteiger partial charge in [-0.2, -0.15) is 0 Å². The fourth-order valence-electron chi connectivity index (χ4n) is 2.57. The van der Waals surface area contributed by atoms with E-state index in [2.05, 4.69) is 22.3 Å². The molecule has 0 amide bonds. The molecule has 1 unspecified atom stereocenters. The molecule has 5 nitrogen and oxygen atoms in total. The van der Waals surface area contributed by atoms with Crippen molar-refractivity contribution >= 4 is 16.7 Å². The summed E-state index contributed by atoms with van der Waals surface area (Å²) in [5, 5.41) is 8.37. The highest BCUT2D eigenvalue weighted by Gasteiger charge is 2.21. The van der Waals surface area contributed by atoms with Gasteiger partial charge >= 0.3 is 0 Å². The zero-order valence-corrected chi connectivity index (χ0v) is 10.0. The Labute approximate surface area is 100 Å². The molecular weight excluding hydrogens is 214 g/mol. The number of rotatable bonds is 2. The van der Waals surface area contributed by atoms with Crippen LogP contribution in [0.3, 0.4) is 0 Å². The van der Waals surface area contributed by atoms with Crippen LogP contribution in [-0.2, 0) is 6.54 Å². The number of hydrogen-bond donors (Lipinski definition) is 1. The molecule has 3 rings (SSSR count). The Morgan fingerprint density at radius 2 is 2.35 bits per heavy atom. The normalized spacial score (nSPS) is 21.4. The molecule has 1 aromatic carbocycles. The highest BCUT2D eigenvalue weighted by molar-refractivity contribution is 5.86. The van der Waals surface area contributed by atoms with Crippen LogP contribution in [0.25, 0.3) is 11.0 Å². The zero-order valence-electron chi connectivity index (χ0n) is 10.0. The molecule has 1 aromatic heterocycles. The van der Waals surface area contributed by atoms with E-state index < -0.39 is 0 Å². The third-order valence-corrected chi connectivity index (χ3v) is 3.50. The van der Waals surface area contributed by atoms with Crippen LogP contribution in [0.15, 0.2) is 18.2 Å². The van der Waals surface area contributed by atoms with Crippen molar-refractivity contribution in [3.8, 4) is 0 Å². The standard InChI is InChI=1S/C12H17N5/c1-16-6-5-9(7-16)8-17-11-4-2-3-10(13)12(11)14-15-17/h2-4,9H,5-8,13H2,1H3. The van der Waals surface area contributed by atoms with Crippen molar-refractivity contribution in [2.75, 3.05) is 25.9 Å². The van der Waals surface area contributed by atoms with Gasteiger partial charge in [-0.15, -0.1) is 5.10 Å². The first-order valence-electron chi connectivity index (χ1n) is 6.00. The number of fused-ring (bicyclic) bond motifs is 1. The molecule has 1 fully saturated rings. The quantitative estimate of drug-likeness (QED) is 0.782. The fraction of sp³-hybridized carbons (Fsp3) is 0.500. The van der Waals surface area contributed by atoms with Crippen molar-refractivity contribution < 1.29 is 0 Å². The SMILES string of the molecule is CN1CCC(Cn2nnc3c(N)cccc32)C1. The number of hydrogen-bond acceptors (Lipinski definition) is 4. The summed E-state index contributed by atoms with van der Waals surface area (Å²) in [6.07, 6.45) is 1.24. The maximum absolute atomic E-state index is 5.88. The van der Waals surface area contributed by atoms with Gasteiger partial charge in [-0.1, -0.05) is 11.3 Å². The van der Waals surface area contributed by atoms with E-state index >= 15 is 0 Å². The first kappa shape index (κ1) is 10.5. The van der Waals surface area contributed by atoms with Gasteiger partial charge in [0.05, 0.1) is 11.2 Å². The average molecular weight is 231 g/mol. The molecule has 1 aliphatic rings. The molecule has 2 heterocycles. The van der Waals surface area contributed by atoms with E-state index in [1.54, 1.807) is 0 Å². The molecule has 2 aromatic rings. The molecule has 0 spiro atoms. The molecule has 1 aliphatic heterocycles. The third kappa shape index (κ3) is 1.86. The number of nitrogen functional groups attached to an aromatic ring is 1. The van der Waals surface area contributed by atoms with E-state index in [4.69, 9.17) is 5.73 Å². The molecule has 1 saturated heterocycles. The van der Waals surface area contributed by atoms with Gasteiger partial charge < -0.3 is 10.6 Å². The van der Waals surface area contributed by atoms with Crippen LogP contribution in [0.4, 0.5) is 5.69 Å². The predicted octanol–water partition coefficient (Wildman–Crippen LogP) is 0.965. The van der Waals surface area contributed by atoms with Crippen molar-refractivity contribution in [2.24, 2.45) is 5.92 Å². The van der Waals surface area contributed by atoms with Crippen LogP contribution in [0.2, 0.25) is 0 Å². The molecule has 0 radical (unpaired) electrons. The second-order valence-electron chi connectivity index (χ2n) is 4.90. The van der Waals surface area contributed by atoms with E-state index in [0.717, 1.165) is 24.1 Å². The Hall–Kier alpha value is -1.62. The van der Waals surface area contributed by atoms with Crippen molar-refractivity contribution in [3.05, 3.63) is 18.2 Å². The van der Waals surface area contributed by atoms with Crippen molar-refractivity contribution in [2.45, 2.75) is 13.0 Å². The third-order valence-electron chi connectivity index (χ3n) is 3.50. The lowest BCUT2D eigenvalue weighted by atomic mass is 10.1. The Balaban J connectivity index is 1.88. The van der Waals surface area contributed by atoms with Crippen LogP contribution < -0.4 is 5.73 Å². The smallest absolute Gasteiger partial charge is 0.136 e. The largest absolute Gasteiger partial charge is 0.397 e. The van der Waals surface area contributed by atoms with Gasteiger partial charge in [0, 0.05) is 13.1 Å². The summed E-state index contributed by atoms with van der Waals surface area (Å²) < 4.78 is 1.98. The molecular formula is C12H17N5. The second kappa shape index (κ2) is 4.00. The lowest BCUT2D eigenvalue weighted by Gasteiger charge is -2.10. The number of benzene rings is 1. The molecule has 17 heavy (non-hydrogen) atoms. The van der Waals surface area contributed by atoms with E-state index in [0.29, 0.717) is 11.6 Å². The van der Waals surface area contributed by atoms with Gasteiger partial charge in [0.25, 0.3) is 0 Å².